The summed E-state index contributed by atoms with van der Waals surface area (Å²) in [5, 5.41) is 3.99. The van der Waals surface area contributed by atoms with Crippen molar-refractivity contribution in [1.29, 1.82) is 0 Å². The van der Waals surface area contributed by atoms with Crippen molar-refractivity contribution in [3.8, 4) is 17.2 Å². The maximum absolute atomic E-state index is 12.3. The van der Waals surface area contributed by atoms with Crippen molar-refractivity contribution in [2.45, 2.75) is 0 Å². The third-order valence-electron chi connectivity index (χ3n) is 3.22. The standard InChI is InChI=1S/C17H16Br2N2O4/c1-23-13-5-10(6-14(8-13)24-2)17(22)21-20-9-11-4-12(18)7-15(19)16(11)25-3/h4-9H,1-3H3,(H,21,22). The van der Waals surface area contributed by atoms with Crippen LogP contribution < -0.4 is 19.6 Å². The molecule has 25 heavy (non-hydrogen) atoms. The van der Waals surface area contributed by atoms with Crippen LogP contribution in [-0.2, 0) is 0 Å². The van der Waals surface area contributed by atoms with Crippen molar-refractivity contribution in [3.63, 3.8) is 0 Å². The highest BCUT2D eigenvalue weighted by Crippen LogP contribution is 2.31. The summed E-state index contributed by atoms with van der Waals surface area (Å²) in [6.45, 7) is 0. The molecule has 0 bridgehead atoms. The molecule has 0 heterocycles. The normalized spacial score (nSPS) is 10.6. The molecule has 0 unspecified atom stereocenters. The molecule has 0 saturated carbocycles. The van der Waals surface area contributed by atoms with Crippen LogP contribution in [0.5, 0.6) is 17.2 Å². The lowest BCUT2D eigenvalue weighted by Crippen LogP contribution is -2.17. The second-order valence-electron chi connectivity index (χ2n) is 4.81. The molecule has 0 aliphatic rings. The van der Waals surface area contributed by atoms with Gasteiger partial charge in [-0.25, -0.2) is 5.43 Å². The molecule has 0 spiro atoms. The van der Waals surface area contributed by atoms with Crippen molar-refractivity contribution >= 4 is 44.0 Å². The number of rotatable bonds is 6. The van der Waals surface area contributed by atoms with E-state index in [4.69, 9.17) is 14.2 Å². The SMILES string of the molecule is COc1cc(OC)cc(C(=O)NN=Cc2cc(Br)cc(Br)c2OC)c1. The summed E-state index contributed by atoms with van der Waals surface area (Å²) in [5.41, 5.74) is 3.55. The minimum Gasteiger partial charge on any atom is -0.497 e. The smallest absolute Gasteiger partial charge is 0.271 e. The zero-order chi connectivity index (χ0) is 18.4. The van der Waals surface area contributed by atoms with Crippen molar-refractivity contribution in [3.05, 3.63) is 50.4 Å². The first-order valence-corrected chi connectivity index (χ1v) is 8.66. The molecule has 0 aliphatic carbocycles. The first-order valence-electron chi connectivity index (χ1n) is 7.08. The summed E-state index contributed by atoms with van der Waals surface area (Å²) >= 11 is 6.82. The number of hydrazone groups is 1. The van der Waals surface area contributed by atoms with Gasteiger partial charge in [-0.2, -0.15) is 5.10 Å². The van der Waals surface area contributed by atoms with Gasteiger partial charge in [0.05, 0.1) is 32.0 Å². The Hall–Kier alpha value is -2.06. The van der Waals surface area contributed by atoms with Gasteiger partial charge < -0.3 is 14.2 Å². The van der Waals surface area contributed by atoms with E-state index in [1.807, 2.05) is 12.1 Å². The molecule has 2 aromatic carbocycles. The Morgan fingerprint density at radius 3 is 2.20 bits per heavy atom. The lowest BCUT2D eigenvalue weighted by atomic mass is 10.2. The number of halogens is 2. The molecule has 2 aromatic rings. The molecule has 0 saturated heterocycles. The van der Waals surface area contributed by atoms with Crippen molar-refractivity contribution < 1.29 is 19.0 Å². The van der Waals surface area contributed by atoms with Gasteiger partial charge in [0.1, 0.15) is 17.2 Å². The predicted octanol–water partition coefficient (Wildman–Crippen LogP) is 4.00. The lowest BCUT2D eigenvalue weighted by Gasteiger charge is -2.08. The Kier molecular flexibility index (Phi) is 6.83. The van der Waals surface area contributed by atoms with Gasteiger partial charge in [-0.1, -0.05) is 15.9 Å². The summed E-state index contributed by atoms with van der Waals surface area (Å²) in [6.07, 6.45) is 1.50. The molecule has 0 radical (unpaired) electrons. The molecule has 8 heteroatoms. The summed E-state index contributed by atoms with van der Waals surface area (Å²) in [4.78, 5) is 12.3. The zero-order valence-corrected chi connectivity index (χ0v) is 17.0. The Balaban J connectivity index is 2.19. The predicted molar refractivity (Wildman–Crippen MR) is 103 cm³/mol. The van der Waals surface area contributed by atoms with Crippen LogP contribution in [0.4, 0.5) is 0 Å². The van der Waals surface area contributed by atoms with Crippen LogP contribution in [0, 0.1) is 0 Å². The Bertz CT molecular complexity index is 787. The minimum absolute atomic E-state index is 0.371. The van der Waals surface area contributed by atoms with Crippen LogP contribution in [0.15, 0.2) is 44.4 Å². The molecule has 0 aromatic heterocycles. The molecule has 0 aliphatic heterocycles. The molecular weight excluding hydrogens is 456 g/mol. The second kappa shape index (κ2) is 8.87. The summed E-state index contributed by atoms with van der Waals surface area (Å²) in [7, 11) is 4.60. The van der Waals surface area contributed by atoms with Gasteiger partial charge in [0, 0.05) is 21.7 Å². The van der Waals surface area contributed by atoms with Gasteiger partial charge in [0.25, 0.3) is 5.91 Å². The highest BCUT2D eigenvalue weighted by Gasteiger charge is 2.10. The highest BCUT2D eigenvalue weighted by atomic mass is 79.9. The Labute approximate surface area is 162 Å². The maximum atomic E-state index is 12.3. The molecule has 132 valence electrons. The van der Waals surface area contributed by atoms with E-state index in [9.17, 15) is 4.79 Å². The van der Waals surface area contributed by atoms with Crippen LogP contribution in [0.1, 0.15) is 15.9 Å². The molecule has 1 N–H and O–H groups in total. The summed E-state index contributed by atoms with van der Waals surface area (Å²) < 4.78 is 17.3. The van der Waals surface area contributed by atoms with Gasteiger partial charge >= 0.3 is 0 Å². The monoisotopic (exact) mass is 470 g/mol. The Morgan fingerprint density at radius 1 is 1.00 bits per heavy atom. The van der Waals surface area contributed by atoms with Crippen molar-refractivity contribution in [2.24, 2.45) is 5.10 Å². The fourth-order valence-corrected chi connectivity index (χ4v) is 3.48. The van der Waals surface area contributed by atoms with Crippen LogP contribution in [0.3, 0.4) is 0 Å². The van der Waals surface area contributed by atoms with E-state index in [0.29, 0.717) is 28.4 Å². The molecule has 1 amide bonds. The largest absolute Gasteiger partial charge is 0.497 e. The van der Waals surface area contributed by atoms with Gasteiger partial charge in [-0.05, 0) is 40.2 Å². The van der Waals surface area contributed by atoms with E-state index in [1.54, 1.807) is 25.3 Å². The third-order valence-corrected chi connectivity index (χ3v) is 4.27. The molecule has 0 fully saturated rings. The molecule has 6 nitrogen and oxygen atoms in total. The molecule has 0 atom stereocenters. The van der Waals surface area contributed by atoms with Gasteiger partial charge in [0.2, 0.25) is 0 Å². The first kappa shape index (κ1) is 19.3. The number of nitrogens with zero attached hydrogens (tertiary/aromatic N) is 1. The number of hydrogen-bond donors (Lipinski definition) is 1. The number of carbonyl (C=O) groups is 1. The average molecular weight is 472 g/mol. The number of benzene rings is 2. The van der Waals surface area contributed by atoms with Gasteiger partial charge in [0.15, 0.2) is 0 Å². The van der Waals surface area contributed by atoms with E-state index >= 15 is 0 Å². The highest BCUT2D eigenvalue weighted by molar-refractivity contribution is 9.11. The van der Waals surface area contributed by atoms with E-state index in [0.717, 1.165) is 8.95 Å². The number of methoxy groups -OCH3 is 3. The van der Waals surface area contributed by atoms with Crippen molar-refractivity contribution in [1.82, 2.24) is 5.43 Å². The van der Waals surface area contributed by atoms with E-state index in [-0.39, 0.29) is 5.91 Å². The van der Waals surface area contributed by atoms with Crippen LogP contribution >= 0.6 is 31.9 Å². The average Bonchev–Trinajstić information content (AvgIpc) is 2.60. The quantitative estimate of drug-likeness (QED) is 0.510. The van der Waals surface area contributed by atoms with E-state index in [2.05, 4.69) is 42.4 Å². The van der Waals surface area contributed by atoms with E-state index < -0.39 is 0 Å². The van der Waals surface area contributed by atoms with E-state index in [1.165, 1.54) is 20.4 Å². The minimum atomic E-state index is -0.388. The maximum Gasteiger partial charge on any atom is 0.271 e. The number of carbonyl (C=O) groups excluding carboxylic acids is 1. The molecule has 2 rings (SSSR count). The summed E-state index contributed by atoms with van der Waals surface area (Å²) in [6, 6.07) is 8.57. The van der Waals surface area contributed by atoms with Crippen molar-refractivity contribution in [2.75, 3.05) is 21.3 Å². The number of amides is 1. The fraction of sp³-hybridized carbons (Fsp3) is 0.176. The van der Waals surface area contributed by atoms with Crippen LogP contribution in [0.25, 0.3) is 0 Å². The third kappa shape index (κ3) is 4.96. The number of ether oxygens (including phenoxy) is 3. The first-order chi connectivity index (χ1) is 12.0. The lowest BCUT2D eigenvalue weighted by molar-refractivity contribution is 0.0954. The summed E-state index contributed by atoms with van der Waals surface area (Å²) in [5.74, 6) is 1.27. The second-order valence-corrected chi connectivity index (χ2v) is 6.58. The zero-order valence-electron chi connectivity index (χ0n) is 13.8. The Morgan fingerprint density at radius 2 is 1.64 bits per heavy atom. The molecular formula is C17H16Br2N2O4. The van der Waals surface area contributed by atoms with Gasteiger partial charge in [-0.3, -0.25) is 4.79 Å². The topological polar surface area (TPSA) is 69.2 Å². The van der Waals surface area contributed by atoms with Gasteiger partial charge in [-0.15, -0.1) is 0 Å². The number of hydrogen-bond acceptors (Lipinski definition) is 5. The fourth-order valence-electron chi connectivity index (χ4n) is 2.06. The van der Waals surface area contributed by atoms with Crippen LogP contribution in [0.2, 0.25) is 0 Å². The van der Waals surface area contributed by atoms with Crippen LogP contribution in [-0.4, -0.2) is 33.5 Å². The number of nitrogens with one attached hydrogen (secondary N) is 1.